The van der Waals surface area contributed by atoms with Crippen LogP contribution in [0.5, 0.6) is 0 Å². The summed E-state index contributed by atoms with van der Waals surface area (Å²) >= 11 is 0. The highest BCUT2D eigenvalue weighted by Gasteiger charge is 2.42. The summed E-state index contributed by atoms with van der Waals surface area (Å²) in [6.07, 6.45) is -4.49. The number of nitrogens with zero attached hydrogens (tertiary/aromatic N) is 1. The van der Waals surface area contributed by atoms with Crippen LogP contribution < -0.4 is 10.6 Å². The minimum atomic E-state index is -4.49. The molecule has 7 nitrogen and oxygen atoms in total. The Morgan fingerprint density at radius 1 is 1.12 bits per heavy atom. The van der Waals surface area contributed by atoms with E-state index in [1.54, 1.807) is 12.1 Å². The number of rotatable bonds is 4. The number of ether oxygens (including phenoxy) is 1. The Balaban J connectivity index is 1.53. The average molecular weight is 445 g/mol. The second-order valence-corrected chi connectivity index (χ2v) is 7.44. The van der Waals surface area contributed by atoms with Crippen molar-refractivity contribution in [2.24, 2.45) is 0 Å². The van der Waals surface area contributed by atoms with Crippen molar-refractivity contribution in [3.63, 3.8) is 0 Å². The van der Waals surface area contributed by atoms with Gasteiger partial charge in [0.15, 0.2) is 0 Å². The molecule has 2 aliphatic rings. The number of halogens is 3. The van der Waals surface area contributed by atoms with Crippen LogP contribution in [0, 0.1) is 6.92 Å². The Morgan fingerprint density at radius 3 is 2.41 bits per heavy atom. The number of anilines is 1. The molecule has 0 saturated heterocycles. The van der Waals surface area contributed by atoms with Crippen molar-refractivity contribution < 1.29 is 32.3 Å². The number of amides is 3. The largest absolute Gasteiger partial charge is 0.456 e. The molecule has 2 heterocycles. The Kier molecular flexibility index (Phi) is 5.37. The van der Waals surface area contributed by atoms with Gasteiger partial charge in [-0.1, -0.05) is 29.8 Å². The van der Waals surface area contributed by atoms with Gasteiger partial charge in [0, 0.05) is 5.69 Å². The van der Waals surface area contributed by atoms with Crippen LogP contribution in [0.2, 0.25) is 0 Å². The molecule has 32 heavy (non-hydrogen) atoms. The first kappa shape index (κ1) is 21.4. The lowest BCUT2D eigenvalue weighted by atomic mass is 9.95. The van der Waals surface area contributed by atoms with Crippen LogP contribution >= 0.6 is 0 Å². The van der Waals surface area contributed by atoms with E-state index in [2.05, 4.69) is 10.6 Å². The lowest BCUT2D eigenvalue weighted by molar-refractivity contribution is -0.138. The number of alkyl halides is 3. The van der Waals surface area contributed by atoms with Crippen molar-refractivity contribution in [2.75, 3.05) is 18.5 Å². The van der Waals surface area contributed by atoms with Gasteiger partial charge in [-0.3, -0.25) is 9.69 Å². The predicted octanol–water partition coefficient (Wildman–Crippen LogP) is 3.53. The summed E-state index contributed by atoms with van der Waals surface area (Å²) in [5, 5.41) is 5.17. The van der Waals surface area contributed by atoms with E-state index in [1.165, 1.54) is 0 Å². The molecule has 1 atom stereocenters. The molecule has 2 N–H and O–H groups in total. The number of cyclic esters (lactones) is 1. The third kappa shape index (κ3) is 4.16. The van der Waals surface area contributed by atoms with Gasteiger partial charge in [-0.15, -0.1) is 0 Å². The maximum atomic E-state index is 12.7. The smallest absolute Gasteiger partial charge is 0.416 e. The predicted molar refractivity (Wildman–Crippen MR) is 107 cm³/mol. The first-order valence-electron chi connectivity index (χ1n) is 9.65. The summed E-state index contributed by atoms with van der Waals surface area (Å²) in [6.45, 7) is 1.31. The highest BCUT2D eigenvalue weighted by Crippen LogP contribution is 2.35. The number of hydrogen-bond donors (Lipinski definition) is 2. The molecule has 2 aromatic rings. The number of esters is 1. The first-order chi connectivity index (χ1) is 15.1. The molecule has 0 spiro atoms. The third-order valence-corrected chi connectivity index (χ3v) is 5.21. The van der Waals surface area contributed by atoms with Crippen LogP contribution in [0.3, 0.4) is 0 Å². The highest BCUT2D eigenvalue weighted by molar-refractivity contribution is 6.00. The van der Waals surface area contributed by atoms with Gasteiger partial charge in [-0.25, -0.2) is 9.59 Å². The molecule has 2 aliphatic heterocycles. The molecular weight excluding hydrogens is 427 g/mol. The molecule has 10 heteroatoms. The average Bonchev–Trinajstić information content (AvgIpc) is 3.12. The Bertz CT molecular complexity index is 1110. The maximum Gasteiger partial charge on any atom is 0.416 e. The van der Waals surface area contributed by atoms with Crippen molar-refractivity contribution in [1.29, 1.82) is 0 Å². The number of carbonyl (C=O) groups excluding carboxylic acids is 3. The molecule has 0 radical (unpaired) electrons. The molecule has 0 bridgehead atoms. The van der Waals surface area contributed by atoms with E-state index in [4.69, 9.17) is 4.74 Å². The van der Waals surface area contributed by atoms with Crippen molar-refractivity contribution in [3.05, 3.63) is 76.5 Å². The van der Waals surface area contributed by atoms with Crippen LogP contribution in [0.4, 0.5) is 23.7 Å². The third-order valence-electron chi connectivity index (χ3n) is 5.21. The summed E-state index contributed by atoms with van der Waals surface area (Å²) in [5.41, 5.74) is 1.54. The maximum absolute atomic E-state index is 12.7. The van der Waals surface area contributed by atoms with Crippen LogP contribution in [-0.4, -0.2) is 36.0 Å². The minimum Gasteiger partial charge on any atom is -0.456 e. The van der Waals surface area contributed by atoms with Crippen LogP contribution in [0.1, 0.15) is 22.7 Å². The zero-order valence-corrected chi connectivity index (χ0v) is 16.8. The van der Waals surface area contributed by atoms with Gasteiger partial charge < -0.3 is 15.4 Å². The second-order valence-electron chi connectivity index (χ2n) is 7.44. The number of aryl methyl sites for hydroxylation is 1. The van der Waals surface area contributed by atoms with E-state index in [0.29, 0.717) is 5.56 Å². The van der Waals surface area contributed by atoms with Crippen LogP contribution in [0.25, 0.3) is 0 Å². The van der Waals surface area contributed by atoms with Gasteiger partial charge in [0.05, 0.1) is 22.9 Å². The summed E-state index contributed by atoms with van der Waals surface area (Å²) in [7, 11) is 0. The lowest BCUT2D eigenvalue weighted by Crippen LogP contribution is -2.49. The van der Waals surface area contributed by atoms with Gasteiger partial charge in [0.25, 0.3) is 0 Å². The fraction of sp³-hybridized carbons (Fsp3) is 0.227. The van der Waals surface area contributed by atoms with E-state index in [0.717, 1.165) is 34.7 Å². The fourth-order valence-electron chi connectivity index (χ4n) is 3.57. The van der Waals surface area contributed by atoms with Crippen molar-refractivity contribution in [1.82, 2.24) is 10.2 Å². The zero-order chi connectivity index (χ0) is 23.0. The number of carbonyl (C=O) groups is 3. The molecule has 2 aromatic carbocycles. The van der Waals surface area contributed by atoms with E-state index in [1.807, 2.05) is 19.1 Å². The van der Waals surface area contributed by atoms with Crippen molar-refractivity contribution in [3.8, 4) is 0 Å². The Morgan fingerprint density at radius 2 is 1.78 bits per heavy atom. The minimum absolute atomic E-state index is 0.144. The Hall–Kier alpha value is -3.82. The SMILES string of the molecule is Cc1ccc([C@@H]2NC(=O)N(CC(=O)Nc3ccc(C(F)(F)F)cc3)C3=C2C(=O)OC3)cc1. The Labute approximate surface area is 180 Å². The molecule has 0 unspecified atom stereocenters. The van der Waals surface area contributed by atoms with Gasteiger partial charge in [0.2, 0.25) is 5.91 Å². The number of hydrogen-bond acceptors (Lipinski definition) is 4. The van der Waals surface area contributed by atoms with Gasteiger partial charge in [0.1, 0.15) is 13.2 Å². The van der Waals surface area contributed by atoms with Gasteiger partial charge in [-0.2, -0.15) is 13.2 Å². The van der Waals surface area contributed by atoms with E-state index in [9.17, 15) is 27.6 Å². The number of nitrogens with one attached hydrogen (secondary N) is 2. The zero-order valence-electron chi connectivity index (χ0n) is 16.8. The standard InChI is InChI=1S/C22H18F3N3O4/c1-12-2-4-13(5-3-12)19-18-16(11-32-20(18)30)28(21(31)27-19)10-17(29)26-15-8-6-14(7-9-15)22(23,24)25/h2-9,19H,10-11H2,1H3,(H,26,29)(H,27,31)/t19-/m0/s1. The number of urea groups is 1. The molecule has 4 rings (SSSR count). The van der Waals surface area contributed by atoms with Crippen LogP contribution in [0.15, 0.2) is 59.8 Å². The molecular formula is C22H18F3N3O4. The summed E-state index contributed by atoms with van der Waals surface area (Å²) in [4.78, 5) is 38.7. The van der Waals surface area contributed by atoms with Crippen LogP contribution in [-0.2, 0) is 20.5 Å². The molecule has 0 fully saturated rings. The molecule has 0 aromatic heterocycles. The fourth-order valence-corrected chi connectivity index (χ4v) is 3.57. The molecule has 3 amide bonds. The molecule has 166 valence electrons. The molecule has 0 aliphatic carbocycles. The van der Waals surface area contributed by atoms with Gasteiger partial charge >= 0.3 is 18.2 Å². The van der Waals surface area contributed by atoms with Gasteiger partial charge in [-0.05, 0) is 36.8 Å². The summed E-state index contributed by atoms with van der Waals surface area (Å²) < 4.78 is 43.2. The molecule has 0 saturated carbocycles. The van der Waals surface area contributed by atoms with E-state index in [-0.39, 0.29) is 23.6 Å². The normalized spacial score (nSPS) is 18.2. The van der Waals surface area contributed by atoms with Crippen molar-refractivity contribution in [2.45, 2.75) is 19.1 Å². The lowest BCUT2D eigenvalue weighted by Gasteiger charge is -2.32. The van der Waals surface area contributed by atoms with E-state index < -0.39 is 42.2 Å². The summed E-state index contributed by atoms with van der Waals surface area (Å²) in [5.74, 6) is -1.22. The first-order valence-corrected chi connectivity index (χ1v) is 9.65. The monoisotopic (exact) mass is 445 g/mol. The highest BCUT2D eigenvalue weighted by atomic mass is 19.4. The number of benzene rings is 2. The topological polar surface area (TPSA) is 87.7 Å². The summed E-state index contributed by atoms with van der Waals surface area (Å²) in [6, 6.07) is 9.94. The quantitative estimate of drug-likeness (QED) is 0.705. The second kappa shape index (κ2) is 8.03. The van der Waals surface area contributed by atoms with Crippen molar-refractivity contribution >= 4 is 23.6 Å². The van der Waals surface area contributed by atoms with E-state index >= 15 is 0 Å².